The van der Waals surface area contributed by atoms with Gasteiger partial charge < -0.3 is 5.73 Å². The number of hydrogen-bond donors (Lipinski definition) is 1. The van der Waals surface area contributed by atoms with E-state index >= 15 is 0 Å². The number of benzene rings is 1. The van der Waals surface area contributed by atoms with Crippen molar-refractivity contribution in [2.45, 2.75) is 0 Å². The number of carbonyl (C=O) groups excluding carboxylic acids is 1. The summed E-state index contributed by atoms with van der Waals surface area (Å²) < 4.78 is 26.1. The Balaban J connectivity index is 2.48. The molecule has 86 valence electrons. The monoisotopic (exact) mass is 234 g/mol. The third kappa shape index (κ3) is 2.13. The third-order valence-corrected chi connectivity index (χ3v) is 2.27. The van der Waals surface area contributed by atoms with E-state index in [0.29, 0.717) is 6.07 Å². The Labute approximate surface area is 95.9 Å². The summed E-state index contributed by atoms with van der Waals surface area (Å²) in [6.45, 7) is 0. The van der Waals surface area contributed by atoms with E-state index in [-0.39, 0.29) is 16.8 Å². The van der Waals surface area contributed by atoms with E-state index < -0.39 is 17.4 Å². The number of anilines is 1. The van der Waals surface area contributed by atoms with Crippen molar-refractivity contribution < 1.29 is 13.6 Å². The van der Waals surface area contributed by atoms with Crippen LogP contribution < -0.4 is 5.73 Å². The summed E-state index contributed by atoms with van der Waals surface area (Å²) in [7, 11) is 0. The molecule has 0 bridgehead atoms. The van der Waals surface area contributed by atoms with Gasteiger partial charge in [0.05, 0.1) is 17.4 Å². The molecule has 2 aromatic rings. The van der Waals surface area contributed by atoms with Crippen LogP contribution in [0.5, 0.6) is 0 Å². The van der Waals surface area contributed by atoms with Crippen molar-refractivity contribution in [2.75, 3.05) is 5.73 Å². The van der Waals surface area contributed by atoms with Crippen molar-refractivity contribution in [1.82, 2.24) is 4.98 Å². The molecule has 0 atom stereocenters. The second-order valence-electron chi connectivity index (χ2n) is 3.42. The van der Waals surface area contributed by atoms with Gasteiger partial charge in [0.2, 0.25) is 0 Å². The molecule has 0 radical (unpaired) electrons. The number of carbonyl (C=O) groups is 1. The first-order valence-electron chi connectivity index (χ1n) is 4.79. The molecule has 0 aliphatic carbocycles. The molecule has 0 unspecified atom stereocenters. The van der Waals surface area contributed by atoms with Gasteiger partial charge in [-0.05, 0) is 18.2 Å². The molecule has 0 amide bonds. The number of nitrogen functional groups attached to an aromatic ring is 1. The number of aromatic nitrogens is 1. The minimum Gasteiger partial charge on any atom is -0.397 e. The Morgan fingerprint density at radius 1 is 1.18 bits per heavy atom. The van der Waals surface area contributed by atoms with E-state index in [1.165, 1.54) is 18.5 Å². The van der Waals surface area contributed by atoms with E-state index in [0.717, 1.165) is 12.1 Å². The second-order valence-corrected chi connectivity index (χ2v) is 3.42. The van der Waals surface area contributed by atoms with Crippen molar-refractivity contribution in [3.63, 3.8) is 0 Å². The lowest BCUT2D eigenvalue weighted by atomic mass is 10.0. The van der Waals surface area contributed by atoms with Crippen molar-refractivity contribution >= 4 is 11.5 Å². The summed E-state index contributed by atoms with van der Waals surface area (Å²) >= 11 is 0. The Morgan fingerprint density at radius 2 is 1.94 bits per heavy atom. The van der Waals surface area contributed by atoms with Crippen LogP contribution in [0.4, 0.5) is 14.5 Å². The molecule has 3 nitrogen and oxygen atoms in total. The molecular weight excluding hydrogens is 226 g/mol. The average Bonchev–Trinajstić information content (AvgIpc) is 2.29. The van der Waals surface area contributed by atoms with Crippen LogP contribution in [0.25, 0.3) is 0 Å². The molecule has 2 N–H and O–H groups in total. The summed E-state index contributed by atoms with van der Waals surface area (Å²) in [6, 6.07) is 4.16. The third-order valence-electron chi connectivity index (χ3n) is 2.27. The van der Waals surface area contributed by atoms with Crippen molar-refractivity contribution in [2.24, 2.45) is 0 Å². The van der Waals surface area contributed by atoms with Gasteiger partial charge in [-0.25, -0.2) is 8.78 Å². The van der Waals surface area contributed by atoms with Gasteiger partial charge in [-0.2, -0.15) is 0 Å². The molecule has 2 rings (SSSR count). The molecule has 0 fully saturated rings. The summed E-state index contributed by atoms with van der Waals surface area (Å²) in [5.41, 5.74) is 5.64. The van der Waals surface area contributed by atoms with Crippen LogP contribution in [0.15, 0.2) is 36.7 Å². The highest BCUT2D eigenvalue weighted by Gasteiger charge is 2.16. The Bertz CT molecular complexity index is 584. The number of pyridine rings is 1. The lowest BCUT2D eigenvalue weighted by molar-refractivity contribution is 0.103. The van der Waals surface area contributed by atoms with Crippen LogP contribution in [0.2, 0.25) is 0 Å². The van der Waals surface area contributed by atoms with E-state index in [2.05, 4.69) is 4.98 Å². The van der Waals surface area contributed by atoms with Crippen molar-refractivity contribution in [1.29, 1.82) is 0 Å². The Kier molecular flexibility index (Phi) is 2.82. The maximum absolute atomic E-state index is 13.4. The molecule has 5 heteroatoms. The number of nitrogens with two attached hydrogens (primary N) is 1. The first kappa shape index (κ1) is 11.2. The van der Waals surface area contributed by atoms with Crippen molar-refractivity contribution in [3.05, 3.63) is 59.4 Å². The van der Waals surface area contributed by atoms with Crippen LogP contribution in [0, 0.1) is 11.6 Å². The predicted molar refractivity (Wildman–Crippen MR) is 58.4 cm³/mol. The van der Waals surface area contributed by atoms with Gasteiger partial charge in [0, 0.05) is 17.8 Å². The molecule has 17 heavy (non-hydrogen) atoms. The van der Waals surface area contributed by atoms with Crippen LogP contribution in [0.3, 0.4) is 0 Å². The maximum atomic E-state index is 13.4. The first-order chi connectivity index (χ1) is 8.09. The van der Waals surface area contributed by atoms with Crippen LogP contribution in [-0.2, 0) is 0 Å². The average molecular weight is 234 g/mol. The van der Waals surface area contributed by atoms with Gasteiger partial charge in [-0.3, -0.25) is 9.78 Å². The van der Waals surface area contributed by atoms with Crippen LogP contribution in [0.1, 0.15) is 15.9 Å². The van der Waals surface area contributed by atoms with E-state index in [1.807, 2.05) is 0 Å². The fourth-order valence-electron chi connectivity index (χ4n) is 1.43. The standard InChI is InChI=1S/C12H8F2N2O/c13-7-1-2-8(10(14)5-7)12(17)9-3-4-16-6-11(9)15/h1-6H,15H2. The lowest BCUT2D eigenvalue weighted by Crippen LogP contribution is -2.08. The molecule has 0 aliphatic heterocycles. The number of rotatable bonds is 2. The zero-order valence-corrected chi connectivity index (χ0v) is 8.65. The van der Waals surface area contributed by atoms with Gasteiger partial charge in [0.1, 0.15) is 11.6 Å². The summed E-state index contributed by atoms with van der Waals surface area (Å²) in [6.07, 6.45) is 2.68. The molecular formula is C12H8F2N2O. The SMILES string of the molecule is Nc1cnccc1C(=O)c1ccc(F)cc1F. The fourth-order valence-corrected chi connectivity index (χ4v) is 1.43. The van der Waals surface area contributed by atoms with Gasteiger partial charge in [0.15, 0.2) is 5.78 Å². The van der Waals surface area contributed by atoms with Crippen LogP contribution in [-0.4, -0.2) is 10.8 Å². The molecule has 1 aromatic carbocycles. The number of ketones is 1. The second kappa shape index (κ2) is 4.29. The smallest absolute Gasteiger partial charge is 0.198 e. The van der Waals surface area contributed by atoms with Crippen LogP contribution >= 0.6 is 0 Å². The largest absolute Gasteiger partial charge is 0.397 e. The summed E-state index contributed by atoms with van der Waals surface area (Å²) in [4.78, 5) is 15.7. The lowest BCUT2D eigenvalue weighted by Gasteiger charge is -2.05. The molecule has 0 saturated carbocycles. The van der Waals surface area contributed by atoms with E-state index in [1.54, 1.807) is 0 Å². The number of hydrogen-bond acceptors (Lipinski definition) is 3. The van der Waals surface area contributed by atoms with E-state index in [9.17, 15) is 13.6 Å². The molecule has 0 spiro atoms. The zero-order chi connectivity index (χ0) is 12.4. The topological polar surface area (TPSA) is 56.0 Å². The quantitative estimate of drug-likeness (QED) is 0.810. The Hall–Kier alpha value is -2.30. The van der Waals surface area contributed by atoms with E-state index in [4.69, 9.17) is 5.73 Å². The van der Waals surface area contributed by atoms with Crippen molar-refractivity contribution in [3.8, 4) is 0 Å². The minimum absolute atomic E-state index is 0.144. The summed E-state index contributed by atoms with van der Waals surface area (Å²) in [5.74, 6) is -2.24. The highest BCUT2D eigenvalue weighted by Crippen LogP contribution is 2.18. The van der Waals surface area contributed by atoms with Gasteiger partial charge in [-0.1, -0.05) is 0 Å². The summed E-state index contributed by atoms with van der Waals surface area (Å²) in [5, 5.41) is 0. The number of halogens is 2. The molecule has 1 aromatic heterocycles. The first-order valence-corrected chi connectivity index (χ1v) is 4.79. The zero-order valence-electron chi connectivity index (χ0n) is 8.65. The van der Waals surface area contributed by atoms with Gasteiger partial charge in [-0.15, -0.1) is 0 Å². The maximum Gasteiger partial charge on any atom is 0.198 e. The fraction of sp³-hybridized carbons (Fsp3) is 0. The number of nitrogens with zero attached hydrogens (tertiary/aromatic N) is 1. The predicted octanol–water partition coefficient (Wildman–Crippen LogP) is 2.17. The molecule has 0 saturated heterocycles. The Morgan fingerprint density at radius 3 is 2.59 bits per heavy atom. The van der Waals surface area contributed by atoms with Gasteiger partial charge in [0.25, 0.3) is 0 Å². The highest BCUT2D eigenvalue weighted by atomic mass is 19.1. The molecule has 0 aliphatic rings. The highest BCUT2D eigenvalue weighted by molar-refractivity contribution is 6.12. The minimum atomic E-state index is -0.911. The normalized spacial score (nSPS) is 10.2. The van der Waals surface area contributed by atoms with Gasteiger partial charge >= 0.3 is 0 Å². The molecule has 1 heterocycles.